The van der Waals surface area contributed by atoms with E-state index in [4.69, 9.17) is 17.0 Å². The molecule has 0 saturated heterocycles. The molecule has 0 aromatic heterocycles. The Morgan fingerprint density at radius 3 is 2.09 bits per heavy atom. The third-order valence-corrected chi connectivity index (χ3v) is 1.01. The van der Waals surface area contributed by atoms with Gasteiger partial charge in [0.1, 0.15) is 5.60 Å². The van der Waals surface area contributed by atoms with Crippen LogP contribution in [0.2, 0.25) is 0 Å². The number of thiocarbonyl (C=S) groups is 1. The summed E-state index contributed by atoms with van der Waals surface area (Å²) in [5, 5.41) is 3.49. The van der Waals surface area contributed by atoms with Crippen molar-refractivity contribution in [1.82, 2.24) is 5.32 Å². The number of hydrogen-bond donors (Lipinski definition) is 1. The quantitative estimate of drug-likeness (QED) is 0.617. The van der Waals surface area contributed by atoms with Gasteiger partial charge in [-0.05, 0) is 46.8 Å². The lowest BCUT2D eigenvalue weighted by molar-refractivity contribution is 0.113. The van der Waals surface area contributed by atoms with Gasteiger partial charge in [0.25, 0.3) is 5.17 Å². The molecule has 0 amide bonds. The van der Waals surface area contributed by atoms with Crippen LogP contribution in [0.5, 0.6) is 0 Å². The fraction of sp³-hybridized carbons (Fsp3) is 0.875. The Morgan fingerprint density at radius 2 is 1.82 bits per heavy atom. The summed E-state index contributed by atoms with van der Waals surface area (Å²) in [4.78, 5) is 0. The van der Waals surface area contributed by atoms with Crippen molar-refractivity contribution in [2.45, 2.75) is 46.3 Å². The normalized spacial score (nSPS) is 11.5. The number of hydrogen-bond acceptors (Lipinski definition) is 2. The van der Waals surface area contributed by atoms with E-state index in [1.807, 2.05) is 34.6 Å². The van der Waals surface area contributed by atoms with E-state index in [1.165, 1.54) is 0 Å². The van der Waals surface area contributed by atoms with Crippen molar-refractivity contribution < 1.29 is 4.74 Å². The van der Waals surface area contributed by atoms with Gasteiger partial charge in [-0.3, -0.25) is 0 Å². The van der Waals surface area contributed by atoms with Gasteiger partial charge in [-0.2, -0.15) is 0 Å². The van der Waals surface area contributed by atoms with Gasteiger partial charge in [-0.1, -0.05) is 0 Å². The Morgan fingerprint density at radius 1 is 1.36 bits per heavy atom. The van der Waals surface area contributed by atoms with E-state index in [9.17, 15) is 0 Å². The molecule has 3 heteroatoms. The molecule has 0 bridgehead atoms. The van der Waals surface area contributed by atoms with E-state index in [1.54, 1.807) is 0 Å². The Bertz CT molecular complexity index is 138. The Kier molecular flexibility index (Phi) is 3.79. The highest BCUT2D eigenvalue weighted by Gasteiger charge is 2.13. The number of nitrogens with one attached hydrogen (secondary N) is 1. The molecule has 0 saturated carbocycles. The molecule has 0 rings (SSSR count). The lowest BCUT2D eigenvalue weighted by Gasteiger charge is -2.23. The van der Waals surface area contributed by atoms with Crippen LogP contribution < -0.4 is 5.32 Å². The average Bonchev–Trinajstić information content (AvgIpc) is 1.53. The van der Waals surface area contributed by atoms with E-state index in [2.05, 4.69) is 5.32 Å². The van der Waals surface area contributed by atoms with E-state index < -0.39 is 0 Å². The molecule has 0 unspecified atom stereocenters. The molecule has 66 valence electrons. The molecule has 0 fully saturated rings. The van der Waals surface area contributed by atoms with Crippen molar-refractivity contribution in [2.75, 3.05) is 0 Å². The molecule has 0 atom stereocenters. The summed E-state index contributed by atoms with van der Waals surface area (Å²) in [6.45, 7) is 9.97. The van der Waals surface area contributed by atoms with E-state index in [0.717, 1.165) is 0 Å². The van der Waals surface area contributed by atoms with Crippen LogP contribution >= 0.6 is 12.2 Å². The Balaban J connectivity index is 3.71. The lowest BCUT2D eigenvalue weighted by Crippen LogP contribution is -2.35. The first-order valence-corrected chi connectivity index (χ1v) is 4.21. The molecule has 0 spiro atoms. The predicted octanol–water partition coefficient (Wildman–Crippen LogP) is 2.08. The second-order valence-corrected chi connectivity index (χ2v) is 4.17. The van der Waals surface area contributed by atoms with Crippen LogP contribution in [-0.2, 0) is 4.74 Å². The highest BCUT2D eigenvalue weighted by Crippen LogP contribution is 2.06. The van der Waals surface area contributed by atoms with E-state index in [-0.39, 0.29) is 5.60 Å². The van der Waals surface area contributed by atoms with Gasteiger partial charge in [0, 0.05) is 6.04 Å². The summed E-state index contributed by atoms with van der Waals surface area (Å²) in [6, 6.07) is 0.338. The van der Waals surface area contributed by atoms with Crippen LogP contribution in [0.15, 0.2) is 0 Å². The molecule has 0 aliphatic carbocycles. The summed E-state index contributed by atoms with van der Waals surface area (Å²) in [6.07, 6.45) is 0. The van der Waals surface area contributed by atoms with Crippen molar-refractivity contribution >= 4 is 17.4 Å². The van der Waals surface area contributed by atoms with Gasteiger partial charge in [0.15, 0.2) is 0 Å². The second-order valence-electron chi connectivity index (χ2n) is 3.80. The average molecular weight is 175 g/mol. The van der Waals surface area contributed by atoms with Gasteiger partial charge >= 0.3 is 0 Å². The molecule has 0 aliphatic heterocycles. The molecule has 11 heavy (non-hydrogen) atoms. The van der Waals surface area contributed by atoms with Crippen molar-refractivity contribution in [2.24, 2.45) is 0 Å². The van der Waals surface area contributed by atoms with Crippen LogP contribution in [-0.4, -0.2) is 16.8 Å². The third-order valence-electron chi connectivity index (χ3n) is 0.805. The van der Waals surface area contributed by atoms with Crippen molar-refractivity contribution in [3.63, 3.8) is 0 Å². The minimum Gasteiger partial charge on any atom is -0.465 e. The van der Waals surface area contributed by atoms with Gasteiger partial charge in [0.05, 0.1) is 0 Å². The second kappa shape index (κ2) is 3.90. The first-order chi connectivity index (χ1) is 4.81. The monoisotopic (exact) mass is 175 g/mol. The fourth-order valence-corrected chi connectivity index (χ4v) is 1.03. The van der Waals surface area contributed by atoms with Crippen LogP contribution in [0.1, 0.15) is 34.6 Å². The zero-order valence-electron chi connectivity index (χ0n) is 7.89. The maximum absolute atomic E-state index is 5.37. The highest BCUT2D eigenvalue weighted by molar-refractivity contribution is 7.80. The minimum absolute atomic E-state index is 0.195. The Hall–Kier alpha value is -0.310. The molecule has 0 radical (unpaired) electrons. The van der Waals surface area contributed by atoms with E-state index in [0.29, 0.717) is 11.2 Å². The van der Waals surface area contributed by atoms with Gasteiger partial charge in [-0.25, -0.2) is 0 Å². The van der Waals surface area contributed by atoms with Gasteiger partial charge in [0.2, 0.25) is 0 Å². The summed E-state index contributed by atoms with van der Waals surface area (Å²) in [7, 11) is 0. The van der Waals surface area contributed by atoms with Crippen LogP contribution in [0.25, 0.3) is 0 Å². The standard InChI is InChI=1S/C8H17NOS/c1-6(2)9-7(11)10-8(3,4)5/h6H,1-5H3,(H,9,11). The van der Waals surface area contributed by atoms with Crippen molar-refractivity contribution in [3.05, 3.63) is 0 Å². The van der Waals surface area contributed by atoms with Crippen LogP contribution in [0, 0.1) is 0 Å². The van der Waals surface area contributed by atoms with Crippen molar-refractivity contribution in [1.29, 1.82) is 0 Å². The fourth-order valence-electron chi connectivity index (χ4n) is 0.543. The first-order valence-electron chi connectivity index (χ1n) is 3.81. The maximum atomic E-state index is 5.37. The highest BCUT2D eigenvalue weighted by atomic mass is 32.1. The SMILES string of the molecule is CC(C)NC(=S)OC(C)(C)C. The summed E-state index contributed by atoms with van der Waals surface area (Å²) < 4.78 is 5.37. The summed E-state index contributed by atoms with van der Waals surface area (Å²) in [5.74, 6) is 0. The molecular weight excluding hydrogens is 158 g/mol. The van der Waals surface area contributed by atoms with E-state index >= 15 is 0 Å². The molecule has 0 aliphatic rings. The molecular formula is C8H17NOS. The molecule has 0 heterocycles. The maximum Gasteiger partial charge on any atom is 0.257 e. The third kappa shape index (κ3) is 7.59. The molecule has 0 aromatic carbocycles. The largest absolute Gasteiger partial charge is 0.465 e. The van der Waals surface area contributed by atoms with Gasteiger partial charge in [-0.15, -0.1) is 0 Å². The first kappa shape index (κ1) is 10.7. The van der Waals surface area contributed by atoms with Crippen LogP contribution in [0.4, 0.5) is 0 Å². The van der Waals surface area contributed by atoms with Crippen molar-refractivity contribution in [3.8, 4) is 0 Å². The molecule has 1 N–H and O–H groups in total. The number of ether oxygens (including phenoxy) is 1. The topological polar surface area (TPSA) is 21.3 Å². The molecule has 2 nitrogen and oxygen atoms in total. The summed E-state index contributed by atoms with van der Waals surface area (Å²) >= 11 is 4.95. The lowest BCUT2D eigenvalue weighted by atomic mass is 10.2. The summed E-state index contributed by atoms with van der Waals surface area (Å²) in [5.41, 5.74) is -0.195. The predicted molar refractivity (Wildman–Crippen MR) is 51.7 cm³/mol. The number of rotatable bonds is 1. The van der Waals surface area contributed by atoms with Gasteiger partial charge < -0.3 is 10.1 Å². The Labute approximate surface area is 74.3 Å². The molecule has 0 aromatic rings. The zero-order valence-corrected chi connectivity index (χ0v) is 8.71. The zero-order chi connectivity index (χ0) is 9.07. The minimum atomic E-state index is -0.195. The van der Waals surface area contributed by atoms with Crippen LogP contribution in [0.3, 0.4) is 0 Å². The smallest absolute Gasteiger partial charge is 0.257 e.